The highest BCUT2D eigenvalue weighted by Crippen LogP contribution is 2.41. The van der Waals surface area contributed by atoms with E-state index in [1.165, 1.54) is 35.3 Å². The van der Waals surface area contributed by atoms with Gasteiger partial charge >= 0.3 is 0 Å². The third-order valence-corrected chi connectivity index (χ3v) is 7.19. The van der Waals surface area contributed by atoms with E-state index in [-0.39, 0.29) is 11.9 Å². The van der Waals surface area contributed by atoms with Crippen molar-refractivity contribution in [1.29, 1.82) is 0 Å². The molecule has 2 heterocycles. The lowest BCUT2D eigenvalue weighted by molar-refractivity contribution is 0.0735. The smallest absolute Gasteiger partial charge is 0.264 e. The Morgan fingerprint density at radius 1 is 1.15 bits per heavy atom. The van der Waals surface area contributed by atoms with Crippen molar-refractivity contribution < 1.29 is 4.79 Å². The first-order chi connectivity index (χ1) is 13.0. The van der Waals surface area contributed by atoms with Crippen LogP contribution in [0.2, 0.25) is 0 Å². The van der Waals surface area contributed by atoms with Crippen LogP contribution in [0.15, 0.2) is 24.3 Å². The van der Waals surface area contributed by atoms with Crippen molar-refractivity contribution >= 4 is 27.5 Å². The van der Waals surface area contributed by atoms with Crippen LogP contribution in [0.5, 0.6) is 0 Å². The summed E-state index contributed by atoms with van der Waals surface area (Å²) in [5.41, 5.74) is 4.69. The minimum Gasteiger partial charge on any atom is -0.334 e. The maximum absolute atomic E-state index is 13.4. The molecule has 0 radical (unpaired) electrons. The number of fused-ring (bicyclic) bond motifs is 2. The van der Waals surface area contributed by atoms with Crippen LogP contribution in [-0.4, -0.2) is 27.8 Å². The largest absolute Gasteiger partial charge is 0.334 e. The van der Waals surface area contributed by atoms with E-state index in [1.807, 2.05) is 25.8 Å². The molecule has 2 aliphatic carbocycles. The number of carbonyl (C=O) groups excluding carboxylic acids is 1. The second-order valence-corrected chi connectivity index (χ2v) is 8.85. The number of aromatic nitrogens is 2. The summed E-state index contributed by atoms with van der Waals surface area (Å²) in [5.74, 6) is 1.58. The van der Waals surface area contributed by atoms with Crippen molar-refractivity contribution in [3.8, 4) is 0 Å². The summed E-state index contributed by atoms with van der Waals surface area (Å²) >= 11 is 1.53. The quantitative estimate of drug-likeness (QED) is 0.649. The SMILES string of the molecule is Cc1nc(C2CC2)nc2sc(C(=O)N(C)C3CCc4ccccc43)c(C)c12. The Hall–Kier alpha value is -2.27. The predicted octanol–water partition coefficient (Wildman–Crippen LogP) is 4.95. The summed E-state index contributed by atoms with van der Waals surface area (Å²) in [4.78, 5) is 26.6. The summed E-state index contributed by atoms with van der Waals surface area (Å²) in [6.07, 6.45) is 4.41. The lowest BCUT2D eigenvalue weighted by atomic mass is 10.1. The molecule has 2 aromatic heterocycles. The third-order valence-electron chi connectivity index (χ3n) is 6.01. The van der Waals surface area contributed by atoms with Gasteiger partial charge in [-0.15, -0.1) is 11.3 Å². The lowest BCUT2D eigenvalue weighted by Crippen LogP contribution is -2.29. The summed E-state index contributed by atoms with van der Waals surface area (Å²) in [6, 6.07) is 8.65. The first-order valence-electron chi connectivity index (χ1n) is 9.67. The van der Waals surface area contributed by atoms with Gasteiger partial charge in [0.15, 0.2) is 0 Å². The van der Waals surface area contributed by atoms with E-state index < -0.39 is 0 Å². The van der Waals surface area contributed by atoms with Gasteiger partial charge in [-0.2, -0.15) is 0 Å². The first-order valence-corrected chi connectivity index (χ1v) is 10.5. The number of thiophene rings is 1. The number of amides is 1. The molecule has 0 saturated heterocycles. The minimum atomic E-state index is 0.101. The van der Waals surface area contributed by atoms with Gasteiger partial charge in [0.05, 0.1) is 16.6 Å². The van der Waals surface area contributed by atoms with Crippen LogP contribution < -0.4 is 0 Å². The normalized spacial score (nSPS) is 18.7. The van der Waals surface area contributed by atoms with E-state index in [2.05, 4.69) is 24.3 Å². The van der Waals surface area contributed by atoms with E-state index >= 15 is 0 Å². The highest BCUT2D eigenvalue weighted by Gasteiger charge is 2.32. The fourth-order valence-electron chi connectivity index (χ4n) is 4.33. The second kappa shape index (κ2) is 6.13. The summed E-state index contributed by atoms with van der Waals surface area (Å²) in [6.45, 7) is 4.08. The van der Waals surface area contributed by atoms with Gasteiger partial charge in [-0.1, -0.05) is 24.3 Å². The summed E-state index contributed by atoms with van der Waals surface area (Å²) in [7, 11) is 1.94. The van der Waals surface area contributed by atoms with Crippen molar-refractivity contribution in [2.24, 2.45) is 0 Å². The highest BCUT2D eigenvalue weighted by atomic mass is 32.1. The molecule has 2 aliphatic rings. The maximum atomic E-state index is 13.4. The first kappa shape index (κ1) is 16.9. The number of hydrogen-bond acceptors (Lipinski definition) is 4. The molecule has 1 atom stereocenters. The average molecular weight is 378 g/mol. The van der Waals surface area contributed by atoms with E-state index in [0.717, 1.165) is 45.0 Å². The molecule has 4 nitrogen and oxygen atoms in total. The van der Waals surface area contributed by atoms with Gasteiger partial charge in [0.1, 0.15) is 10.7 Å². The van der Waals surface area contributed by atoms with Crippen molar-refractivity contribution in [1.82, 2.24) is 14.9 Å². The maximum Gasteiger partial charge on any atom is 0.264 e. The van der Waals surface area contributed by atoms with Gasteiger partial charge in [-0.3, -0.25) is 4.79 Å². The van der Waals surface area contributed by atoms with Crippen molar-refractivity contribution in [2.75, 3.05) is 7.05 Å². The number of rotatable bonds is 3. The number of hydrogen-bond donors (Lipinski definition) is 0. The molecule has 5 heteroatoms. The van der Waals surface area contributed by atoms with Gasteiger partial charge in [-0.25, -0.2) is 9.97 Å². The number of aryl methyl sites for hydroxylation is 3. The zero-order valence-corrected chi connectivity index (χ0v) is 16.8. The second-order valence-electron chi connectivity index (χ2n) is 7.85. The molecule has 1 unspecified atom stereocenters. The van der Waals surface area contributed by atoms with E-state index in [1.54, 1.807) is 0 Å². The molecule has 27 heavy (non-hydrogen) atoms. The lowest BCUT2D eigenvalue weighted by Gasteiger charge is -2.25. The molecule has 0 aliphatic heterocycles. The molecule has 3 aromatic rings. The monoisotopic (exact) mass is 377 g/mol. The molecule has 138 valence electrons. The number of carbonyl (C=O) groups is 1. The van der Waals surface area contributed by atoms with Gasteiger partial charge < -0.3 is 4.90 Å². The number of nitrogens with zero attached hydrogens (tertiary/aromatic N) is 3. The molecule has 1 fully saturated rings. The fourth-order valence-corrected chi connectivity index (χ4v) is 5.55. The van der Waals surface area contributed by atoms with Gasteiger partial charge in [0.2, 0.25) is 0 Å². The standard InChI is InChI=1S/C22H23N3OS/c1-12-18-13(2)23-20(15-8-9-15)24-21(18)27-19(12)22(26)25(3)17-11-10-14-6-4-5-7-16(14)17/h4-7,15,17H,8-11H2,1-3H3. The van der Waals surface area contributed by atoms with Crippen LogP contribution in [-0.2, 0) is 6.42 Å². The summed E-state index contributed by atoms with van der Waals surface area (Å²) in [5, 5.41) is 1.06. The Balaban J connectivity index is 1.52. The molecular formula is C22H23N3OS. The third kappa shape index (κ3) is 2.67. The Morgan fingerprint density at radius 2 is 1.93 bits per heavy atom. The Labute approximate surface area is 163 Å². The Morgan fingerprint density at radius 3 is 2.70 bits per heavy atom. The van der Waals surface area contributed by atoms with Crippen LogP contribution in [0.4, 0.5) is 0 Å². The molecule has 0 bridgehead atoms. The molecule has 1 aromatic carbocycles. The van der Waals surface area contributed by atoms with Crippen molar-refractivity contribution in [3.05, 3.63) is 57.4 Å². The molecule has 1 amide bonds. The van der Waals surface area contributed by atoms with E-state index in [0.29, 0.717) is 5.92 Å². The average Bonchev–Trinajstić information content (AvgIpc) is 3.35. The van der Waals surface area contributed by atoms with Gasteiger partial charge in [-0.05, 0) is 56.2 Å². The zero-order chi connectivity index (χ0) is 18.7. The molecular weight excluding hydrogens is 354 g/mol. The zero-order valence-electron chi connectivity index (χ0n) is 16.0. The van der Waals surface area contributed by atoms with E-state index in [9.17, 15) is 4.79 Å². The molecule has 0 N–H and O–H groups in total. The predicted molar refractivity (Wildman–Crippen MR) is 108 cm³/mol. The molecule has 0 spiro atoms. The van der Waals surface area contributed by atoms with Crippen LogP contribution >= 0.6 is 11.3 Å². The van der Waals surface area contributed by atoms with Gasteiger partial charge in [0, 0.05) is 18.4 Å². The van der Waals surface area contributed by atoms with Crippen molar-refractivity contribution in [3.63, 3.8) is 0 Å². The van der Waals surface area contributed by atoms with Gasteiger partial charge in [0.25, 0.3) is 5.91 Å². The van der Waals surface area contributed by atoms with Crippen LogP contribution in [0.1, 0.15) is 69.1 Å². The van der Waals surface area contributed by atoms with Crippen LogP contribution in [0.25, 0.3) is 10.2 Å². The topological polar surface area (TPSA) is 46.1 Å². The highest BCUT2D eigenvalue weighted by molar-refractivity contribution is 7.20. The van der Waals surface area contributed by atoms with Crippen LogP contribution in [0, 0.1) is 13.8 Å². The Bertz CT molecular complexity index is 1070. The van der Waals surface area contributed by atoms with Crippen molar-refractivity contribution in [2.45, 2.75) is 51.5 Å². The number of benzene rings is 1. The summed E-state index contributed by atoms with van der Waals surface area (Å²) < 4.78 is 0. The van der Waals surface area contributed by atoms with Crippen LogP contribution in [0.3, 0.4) is 0 Å². The molecule has 1 saturated carbocycles. The molecule has 5 rings (SSSR count). The minimum absolute atomic E-state index is 0.101. The fraction of sp³-hybridized carbons (Fsp3) is 0.409. The Kier molecular flexibility index (Phi) is 3.83. The van der Waals surface area contributed by atoms with E-state index in [4.69, 9.17) is 9.97 Å².